The van der Waals surface area contributed by atoms with Gasteiger partial charge in [0.05, 0.1) is 11.1 Å². The molecule has 0 unspecified atom stereocenters. The van der Waals surface area contributed by atoms with Crippen LogP contribution in [0.1, 0.15) is 22.5 Å². The number of hydrogen-bond acceptors (Lipinski definition) is 6. The lowest BCUT2D eigenvalue weighted by Gasteiger charge is -2.11. The highest BCUT2D eigenvalue weighted by atomic mass is 15.1. The predicted octanol–water partition coefficient (Wildman–Crippen LogP) is 2.16. The van der Waals surface area contributed by atoms with E-state index >= 15 is 0 Å². The monoisotopic (exact) mass is 264 g/mol. The van der Waals surface area contributed by atoms with Crippen LogP contribution in [-0.2, 0) is 0 Å². The Balaban J connectivity index is 2.41. The topological polar surface area (TPSA) is 111 Å². The SMILES string of the molecule is Cc1nc(N)c(C)c(Nc2ccc(C#N)c(C#N)c2)n1. The first kappa shape index (κ1) is 13.3. The summed E-state index contributed by atoms with van der Waals surface area (Å²) in [5, 5.41) is 21.0. The highest BCUT2D eigenvalue weighted by Gasteiger charge is 2.08. The smallest absolute Gasteiger partial charge is 0.139 e. The van der Waals surface area contributed by atoms with E-state index in [1.807, 2.05) is 19.1 Å². The molecule has 1 heterocycles. The Morgan fingerprint density at radius 3 is 2.45 bits per heavy atom. The summed E-state index contributed by atoms with van der Waals surface area (Å²) in [7, 11) is 0. The van der Waals surface area contributed by atoms with Crippen molar-refractivity contribution >= 4 is 17.3 Å². The van der Waals surface area contributed by atoms with Crippen LogP contribution in [-0.4, -0.2) is 9.97 Å². The van der Waals surface area contributed by atoms with Gasteiger partial charge >= 0.3 is 0 Å². The second-order valence-corrected chi connectivity index (χ2v) is 4.24. The summed E-state index contributed by atoms with van der Waals surface area (Å²) in [6.45, 7) is 3.56. The maximum atomic E-state index is 9.01. The molecule has 1 aromatic carbocycles. The molecular weight excluding hydrogens is 252 g/mol. The second kappa shape index (κ2) is 5.25. The summed E-state index contributed by atoms with van der Waals surface area (Å²) in [6.07, 6.45) is 0. The summed E-state index contributed by atoms with van der Waals surface area (Å²) in [6, 6.07) is 8.87. The average molecular weight is 264 g/mol. The Morgan fingerprint density at radius 2 is 1.80 bits per heavy atom. The van der Waals surface area contributed by atoms with Crippen LogP contribution in [0.25, 0.3) is 0 Å². The molecule has 0 spiro atoms. The van der Waals surface area contributed by atoms with Crippen LogP contribution in [0.5, 0.6) is 0 Å². The van der Waals surface area contributed by atoms with Crippen LogP contribution in [0.3, 0.4) is 0 Å². The molecule has 0 saturated carbocycles. The zero-order chi connectivity index (χ0) is 14.7. The number of nitrogens with zero attached hydrogens (tertiary/aromatic N) is 4. The first-order valence-electron chi connectivity index (χ1n) is 5.87. The molecule has 6 heteroatoms. The molecule has 2 aromatic rings. The van der Waals surface area contributed by atoms with Crippen LogP contribution in [0.2, 0.25) is 0 Å². The lowest BCUT2D eigenvalue weighted by atomic mass is 10.1. The van der Waals surface area contributed by atoms with Crippen molar-refractivity contribution in [1.82, 2.24) is 9.97 Å². The molecule has 0 atom stereocenters. The molecule has 0 bridgehead atoms. The number of aryl methyl sites for hydroxylation is 1. The van der Waals surface area contributed by atoms with Crippen molar-refractivity contribution in [3.8, 4) is 12.1 Å². The lowest BCUT2D eigenvalue weighted by Crippen LogP contribution is -2.05. The fraction of sp³-hybridized carbons (Fsp3) is 0.143. The third-order valence-corrected chi connectivity index (χ3v) is 2.82. The minimum Gasteiger partial charge on any atom is -0.383 e. The lowest BCUT2D eigenvalue weighted by molar-refractivity contribution is 1.04. The van der Waals surface area contributed by atoms with E-state index in [0.29, 0.717) is 34.3 Å². The van der Waals surface area contributed by atoms with Gasteiger partial charge in [0.25, 0.3) is 0 Å². The van der Waals surface area contributed by atoms with Crippen LogP contribution in [0, 0.1) is 36.5 Å². The van der Waals surface area contributed by atoms with Crippen molar-refractivity contribution < 1.29 is 0 Å². The van der Waals surface area contributed by atoms with E-state index in [1.165, 1.54) is 0 Å². The molecule has 0 saturated heterocycles. The van der Waals surface area contributed by atoms with Gasteiger partial charge in [0.15, 0.2) is 0 Å². The maximum absolute atomic E-state index is 9.01. The van der Waals surface area contributed by atoms with Gasteiger partial charge in [-0.05, 0) is 32.0 Å². The second-order valence-electron chi connectivity index (χ2n) is 4.24. The van der Waals surface area contributed by atoms with E-state index in [-0.39, 0.29) is 0 Å². The van der Waals surface area contributed by atoms with Gasteiger partial charge < -0.3 is 11.1 Å². The number of benzene rings is 1. The normalized spacial score (nSPS) is 9.60. The fourth-order valence-electron chi connectivity index (χ4n) is 1.72. The standard InChI is InChI=1S/C14H12N6/c1-8-13(17)18-9(2)19-14(8)20-12-4-3-10(6-15)11(5-12)7-16/h3-5H,1-2H3,(H3,17,18,19,20). The number of nitrogens with two attached hydrogens (primary N) is 1. The van der Waals surface area contributed by atoms with Crippen molar-refractivity contribution in [2.75, 3.05) is 11.1 Å². The molecule has 0 aliphatic carbocycles. The number of hydrogen-bond donors (Lipinski definition) is 2. The van der Waals surface area contributed by atoms with Crippen LogP contribution in [0.15, 0.2) is 18.2 Å². The molecule has 6 nitrogen and oxygen atoms in total. The Kier molecular flexibility index (Phi) is 3.49. The number of nitrogen functional groups attached to an aromatic ring is 1. The summed E-state index contributed by atoms with van der Waals surface area (Å²) in [5.74, 6) is 1.56. The van der Waals surface area contributed by atoms with Crippen molar-refractivity contribution in [2.45, 2.75) is 13.8 Å². The van der Waals surface area contributed by atoms with Gasteiger partial charge in [-0.1, -0.05) is 0 Å². The number of rotatable bonds is 2. The molecule has 0 aliphatic rings. The van der Waals surface area contributed by atoms with Crippen LogP contribution >= 0.6 is 0 Å². The van der Waals surface area contributed by atoms with Gasteiger partial charge in [-0.25, -0.2) is 9.97 Å². The summed E-state index contributed by atoms with van der Waals surface area (Å²) in [5.41, 5.74) is 7.85. The summed E-state index contributed by atoms with van der Waals surface area (Å²) in [4.78, 5) is 8.34. The van der Waals surface area contributed by atoms with E-state index in [2.05, 4.69) is 15.3 Å². The molecule has 0 radical (unpaired) electrons. The molecule has 0 fully saturated rings. The molecular formula is C14H12N6. The highest BCUT2D eigenvalue weighted by Crippen LogP contribution is 2.23. The minimum absolute atomic E-state index is 0.314. The maximum Gasteiger partial charge on any atom is 0.139 e. The van der Waals surface area contributed by atoms with Crippen molar-refractivity contribution in [2.24, 2.45) is 0 Å². The summed E-state index contributed by atoms with van der Waals surface area (Å²) >= 11 is 0. The zero-order valence-electron chi connectivity index (χ0n) is 11.1. The van der Waals surface area contributed by atoms with E-state index < -0.39 is 0 Å². The van der Waals surface area contributed by atoms with Crippen molar-refractivity contribution in [3.05, 3.63) is 40.7 Å². The molecule has 0 aliphatic heterocycles. The van der Waals surface area contributed by atoms with Gasteiger partial charge in [0, 0.05) is 11.3 Å². The Labute approximate surface area is 116 Å². The predicted molar refractivity (Wildman–Crippen MR) is 75.1 cm³/mol. The van der Waals surface area contributed by atoms with Crippen molar-refractivity contribution in [1.29, 1.82) is 10.5 Å². The molecule has 98 valence electrons. The molecule has 20 heavy (non-hydrogen) atoms. The Hall–Kier alpha value is -3.12. The average Bonchev–Trinajstić information content (AvgIpc) is 2.44. The molecule has 0 amide bonds. The van der Waals surface area contributed by atoms with Crippen LogP contribution in [0.4, 0.5) is 17.3 Å². The van der Waals surface area contributed by atoms with Gasteiger partial charge in [0.2, 0.25) is 0 Å². The number of nitrogens with one attached hydrogen (secondary N) is 1. The van der Waals surface area contributed by atoms with E-state index in [9.17, 15) is 0 Å². The minimum atomic E-state index is 0.314. The van der Waals surface area contributed by atoms with E-state index in [0.717, 1.165) is 5.56 Å². The zero-order valence-corrected chi connectivity index (χ0v) is 11.1. The highest BCUT2D eigenvalue weighted by molar-refractivity contribution is 5.66. The Morgan fingerprint density at radius 1 is 1.10 bits per heavy atom. The van der Waals surface area contributed by atoms with Gasteiger partial charge in [-0.15, -0.1) is 0 Å². The van der Waals surface area contributed by atoms with Gasteiger partial charge in [0.1, 0.15) is 29.6 Å². The number of nitriles is 2. The van der Waals surface area contributed by atoms with Gasteiger partial charge in [-0.2, -0.15) is 10.5 Å². The fourth-order valence-corrected chi connectivity index (χ4v) is 1.72. The molecule has 2 rings (SSSR count). The third-order valence-electron chi connectivity index (χ3n) is 2.82. The number of anilines is 3. The van der Waals surface area contributed by atoms with Crippen molar-refractivity contribution in [3.63, 3.8) is 0 Å². The number of aromatic nitrogens is 2. The van der Waals surface area contributed by atoms with E-state index in [4.69, 9.17) is 16.3 Å². The molecule has 1 aromatic heterocycles. The molecule has 3 N–H and O–H groups in total. The quantitative estimate of drug-likeness (QED) is 0.859. The first-order valence-corrected chi connectivity index (χ1v) is 5.87. The first-order chi connectivity index (χ1) is 9.55. The Bertz CT molecular complexity index is 751. The van der Waals surface area contributed by atoms with Crippen LogP contribution < -0.4 is 11.1 Å². The largest absolute Gasteiger partial charge is 0.383 e. The van der Waals surface area contributed by atoms with E-state index in [1.54, 1.807) is 25.1 Å². The third kappa shape index (κ3) is 2.50. The van der Waals surface area contributed by atoms with Gasteiger partial charge in [-0.3, -0.25) is 0 Å². The summed E-state index contributed by atoms with van der Waals surface area (Å²) < 4.78 is 0.